The number of piperazine rings is 1. The molecular weight excluding hydrogens is 422 g/mol. The maximum Gasteiger partial charge on any atom is 0.170 e. The lowest BCUT2D eigenvalue weighted by Gasteiger charge is -2.33. The van der Waals surface area contributed by atoms with E-state index in [0.29, 0.717) is 11.3 Å². The number of ketones is 1. The summed E-state index contributed by atoms with van der Waals surface area (Å²) >= 11 is 1.51. The Labute approximate surface area is 190 Å². The Balaban J connectivity index is 1.31. The van der Waals surface area contributed by atoms with Gasteiger partial charge in [-0.05, 0) is 44.3 Å². The second-order valence-electron chi connectivity index (χ2n) is 7.99. The van der Waals surface area contributed by atoms with Gasteiger partial charge in [-0.3, -0.25) is 9.78 Å². The quantitative estimate of drug-likeness (QED) is 0.433. The van der Waals surface area contributed by atoms with Crippen molar-refractivity contribution in [2.24, 2.45) is 0 Å². The second-order valence-corrected chi connectivity index (χ2v) is 9.17. The average molecular weight is 446 g/mol. The van der Waals surface area contributed by atoms with E-state index in [-0.39, 0.29) is 12.2 Å². The number of fused-ring (bicyclic) bond motifs is 1. The van der Waals surface area contributed by atoms with E-state index in [9.17, 15) is 4.79 Å². The van der Waals surface area contributed by atoms with Crippen LogP contribution in [0.15, 0.2) is 42.7 Å². The summed E-state index contributed by atoms with van der Waals surface area (Å²) in [6, 6.07) is 9.55. The first-order valence-corrected chi connectivity index (χ1v) is 11.4. The van der Waals surface area contributed by atoms with Crippen LogP contribution in [-0.2, 0) is 6.42 Å². The van der Waals surface area contributed by atoms with Gasteiger partial charge in [0.25, 0.3) is 0 Å². The van der Waals surface area contributed by atoms with Crippen LogP contribution in [0.25, 0.3) is 21.6 Å². The molecule has 0 amide bonds. The molecule has 8 nitrogen and oxygen atoms in total. The fraction of sp³-hybridized carbons (Fsp3) is 0.304. The highest BCUT2D eigenvalue weighted by atomic mass is 32.1. The number of aryl methyl sites for hydroxylation is 1. The van der Waals surface area contributed by atoms with Gasteiger partial charge in [-0.2, -0.15) is 0 Å². The molecule has 0 aliphatic carbocycles. The van der Waals surface area contributed by atoms with Crippen molar-refractivity contribution in [2.45, 2.75) is 13.3 Å². The van der Waals surface area contributed by atoms with Gasteiger partial charge in [0.15, 0.2) is 10.8 Å². The van der Waals surface area contributed by atoms with Gasteiger partial charge in [-0.25, -0.2) is 9.97 Å². The van der Waals surface area contributed by atoms with Gasteiger partial charge < -0.3 is 9.80 Å². The Morgan fingerprint density at radius 2 is 1.88 bits per heavy atom. The molecule has 1 aliphatic rings. The monoisotopic (exact) mass is 445 g/mol. The van der Waals surface area contributed by atoms with Crippen molar-refractivity contribution in [1.29, 1.82) is 0 Å². The van der Waals surface area contributed by atoms with E-state index in [1.54, 1.807) is 12.4 Å². The smallest absolute Gasteiger partial charge is 0.170 e. The standard InChI is InChI=1S/C23H23N7OS/c1-15-27-28-23(32-15)19-5-3-16-13-24-18(11-20(16)26-19)12-21(31)17-4-6-22(25-14-17)30-9-7-29(2)8-10-30/h3-6,11,13-14H,7-10,12H2,1-2H3. The molecule has 0 saturated carbocycles. The van der Waals surface area contributed by atoms with Crippen LogP contribution in [0.5, 0.6) is 0 Å². The minimum atomic E-state index is -0.00909. The van der Waals surface area contributed by atoms with E-state index in [2.05, 4.69) is 37.0 Å². The molecule has 0 aromatic carbocycles. The number of anilines is 1. The first-order valence-electron chi connectivity index (χ1n) is 10.5. The summed E-state index contributed by atoms with van der Waals surface area (Å²) < 4.78 is 0. The van der Waals surface area contributed by atoms with E-state index in [1.165, 1.54) is 11.3 Å². The lowest BCUT2D eigenvalue weighted by Crippen LogP contribution is -2.44. The maximum absolute atomic E-state index is 12.8. The van der Waals surface area contributed by atoms with Crippen LogP contribution in [0, 0.1) is 6.92 Å². The lowest BCUT2D eigenvalue weighted by molar-refractivity contribution is 0.0991. The Hall–Kier alpha value is -3.30. The highest BCUT2D eigenvalue weighted by Gasteiger charge is 2.16. The fourth-order valence-corrected chi connectivity index (χ4v) is 4.38. The summed E-state index contributed by atoms with van der Waals surface area (Å²) in [6.45, 7) is 5.85. The molecule has 1 aliphatic heterocycles. The third-order valence-corrected chi connectivity index (χ3v) is 6.48. The van der Waals surface area contributed by atoms with Crippen LogP contribution >= 0.6 is 11.3 Å². The molecule has 4 aromatic heterocycles. The van der Waals surface area contributed by atoms with Crippen LogP contribution in [0.4, 0.5) is 5.82 Å². The summed E-state index contributed by atoms with van der Waals surface area (Å²) in [4.78, 5) is 31.1. The number of rotatable bonds is 5. The zero-order chi connectivity index (χ0) is 22.1. The van der Waals surface area contributed by atoms with Crippen molar-refractivity contribution >= 4 is 33.8 Å². The Bertz CT molecular complexity index is 1260. The largest absolute Gasteiger partial charge is 0.354 e. The number of hydrogen-bond donors (Lipinski definition) is 0. The van der Waals surface area contributed by atoms with Crippen molar-refractivity contribution in [1.82, 2.24) is 30.0 Å². The van der Waals surface area contributed by atoms with Crippen molar-refractivity contribution in [2.75, 3.05) is 38.1 Å². The summed E-state index contributed by atoms with van der Waals surface area (Å²) in [5.41, 5.74) is 2.84. The number of Topliss-reactive ketones (excluding diaryl/α,β-unsaturated/α-hetero) is 1. The lowest BCUT2D eigenvalue weighted by atomic mass is 10.1. The molecule has 0 bridgehead atoms. The molecule has 162 valence electrons. The van der Waals surface area contributed by atoms with Crippen LogP contribution in [0.1, 0.15) is 21.1 Å². The first kappa shape index (κ1) is 20.6. The topological polar surface area (TPSA) is 88.0 Å². The third-order valence-electron chi connectivity index (χ3n) is 5.61. The molecule has 4 aromatic rings. The third kappa shape index (κ3) is 4.35. The number of hydrogen-bond acceptors (Lipinski definition) is 9. The van der Waals surface area contributed by atoms with E-state index in [0.717, 1.165) is 58.6 Å². The first-order chi connectivity index (χ1) is 15.5. The van der Waals surface area contributed by atoms with Gasteiger partial charge in [0.05, 0.1) is 17.6 Å². The molecule has 1 saturated heterocycles. The number of aromatic nitrogens is 5. The Morgan fingerprint density at radius 1 is 1.03 bits per heavy atom. The summed E-state index contributed by atoms with van der Waals surface area (Å²) in [6.07, 6.45) is 3.63. The Morgan fingerprint density at radius 3 is 2.59 bits per heavy atom. The number of pyridine rings is 3. The second kappa shape index (κ2) is 8.68. The molecule has 0 atom stereocenters. The summed E-state index contributed by atoms with van der Waals surface area (Å²) in [5.74, 6) is 0.910. The predicted molar refractivity (Wildman–Crippen MR) is 125 cm³/mol. The van der Waals surface area contributed by atoms with E-state index >= 15 is 0 Å². The molecule has 0 radical (unpaired) electrons. The molecule has 0 spiro atoms. The van der Waals surface area contributed by atoms with E-state index in [1.807, 2.05) is 37.3 Å². The summed E-state index contributed by atoms with van der Waals surface area (Å²) in [7, 11) is 2.13. The zero-order valence-corrected chi connectivity index (χ0v) is 18.8. The highest BCUT2D eigenvalue weighted by molar-refractivity contribution is 7.14. The Kier molecular flexibility index (Phi) is 5.59. The molecule has 5 rings (SSSR count). The molecular formula is C23H23N7OS. The van der Waals surface area contributed by atoms with Crippen LogP contribution in [0.3, 0.4) is 0 Å². The van der Waals surface area contributed by atoms with Gasteiger partial charge in [-0.1, -0.05) is 11.3 Å². The molecule has 1 fully saturated rings. The van der Waals surface area contributed by atoms with Gasteiger partial charge in [0.1, 0.15) is 16.5 Å². The maximum atomic E-state index is 12.8. The van der Waals surface area contributed by atoms with Gasteiger partial charge in [-0.15, -0.1) is 10.2 Å². The van der Waals surface area contributed by atoms with E-state index in [4.69, 9.17) is 4.98 Å². The van der Waals surface area contributed by atoms with Gasteiger partial charge in [0.2, 0.25) is 0 Å². The molecule has 5 heterocycles. The molecule has 0 N–H and O–H groups in total. The number of nitrogens with zero attached hydrogens (tertiary/aromatic N) is 7. The van der Waals surface area contributed by atoms with Crippen LogP contribution in [0.2, 0.25) is 0 Å². The molecule has 9 heteroatoms. The van der Waals surface area contributed by atoms with E-state index < -0.39 is 0 Å². The highest BCUT2D eigenvalue weighted by Crippen LogP contribution is 2.24. The normalized spacial score (nSPS) is 14.8. The number of likely N-dealkylation sites (N-methyl/N-ethyl adjacent to an activating group) is 1. The zero-order valence-electron chi connectivity index (χ0n) is 18.0. The van der Waals surface area contributed by atoms with Crippen molar-refractivity contribution in [3.05, 3.63) is 59.0 Å². The number of carbonyl (C=O) groups excluding carboxylic acids is 1. The number of carbonyl (C=O) groups is 1. The van der Waals surface area contributed by atoms with Crippen LogP contribution in [-0.4, -0.2) is 69.1 Å². The fourth-order valence-electron chi connectivity index (χ4n) is 3.71. The molecule has 0 unspecified atom stereocenters. The minimum Gasteiger partial charge on any atom is -0.354 e. The average Bonchev–Trinajstić information content (AvgIpc) is 3.25. The molecule has 32 heavy (non-hydrogen) atoms. The minimum absolute atomic E-state index is 0.00909. The van der Waals surface area contributed by atoms with Crippen LogP contribution < -0.4 is 4.90 Å². The summed E-state index contributed by atoms with van der Waals surface area (Å²) in [5, 5.41) is 10.8. The SMILES string of the molecule is Cc1nnc(-c2ccc3cnc(CC(=O)c4ccc(N5CCN(C)CC5)nc4)cc3n2)s1. The van der Waals surface area contributed by atoms with Gasteiger partial charge >= 0.3 is 0 Å². The van der Waals surface area contributed by atoms with Gasteiger partial charge in [0, 0.05) is 49.5 Å². The van der Waals surface area contributed by atoms with Crippen molar-refractivity contribution in [3.63, 3.8) is 0 Å². The van der Waals surface area contributed by atoms with Crippen molar-refractivity contribution in [3.8, 4) is 10.7 Å². The van der Waals surface area contributed by atoms with Crippen molar-refractivity contribution < 1.29 is 4.79 Å². The predicted octanol–water partition coefficient (Wildman–Crippen LogP) is 3.03.